The van der Waals surface area contributed by atoms with Gasteiger partial charge in [-0.05, 0) is 37.0 Å². The third kappa shape index (κ3) is 3.99. The average molecular weight is 392 g/mol. The zero-order chi connectivity index (χ0) is 20.4. The number of benzene rings is 1. The predicted octanol–water partition coefficient (Wildman–Crippen LogP) is 3.84. The Hall–Kier alpha value is -3.22. The lowest BCUT2D eigenvalue weighted by Gasteiger charge is -2.32. The van der Waals surface area contributed by atoms with Gasteiger partial charge in [0.25, 0.3) is 11.6 Å². The third-order valence-corrected chi connectivity index (χ3v) is 5.27. The van der Waals surface area contributed by atoms with Gasteiger partial charge in [0, 0.05) is 25.0 Å². The molecule has 1 atom stereocenters. The van der Waals surface area contributed by atoms with Crippen LogP contribution in [0.1, 0.15) is 48.7 Å². The number of fused-ring (bicyclic) bond motifs is 1. The van der Waals surface area contributed by atoms with Crippen LogP contribution in [0.15, 0.2) is 47.1 Å². The van der Waals surface area contributed by atoms with E-state index in [1.807, 2.05) is 44.2 Å². The van der Waals surface area contributed by atoms with E-state index in [-0.39, 0.29) is 23.7 Å². The summed E-state index contributed by atoms with van der Waals surface area (Å²) in [6.45, 7) is 5.07. The van der Waals surface area contributed by atoms with Gasteiger partial charge in [-0.15, -0.1) is 0 Å². The highest BCUT2D eigenvalue weighted by atomic mass is 16.5. The van der Waals surface area contributed by atoms with E-state index in [4.69, 9.17) is 4.52 Å². The van der Waals surface area contributed by atoms with Crippen molar-refractivity contribution in [1.29, 1.82) is 0 Å². The summed E-state index contributed by atoms with van der Waals surface area (Å²) in [6, 6.07) is 11.2. The van der Waals surface area contributed by atoms with E-state index in [0.29, 0.717) is 24.4 Å². The molecule has 0 bridgehead atoms. The summed E-state index contributed by atoms with van der Waals surface area (Å²) in [5, 5.41) is 7.77. The van der Waals surface area contributed by atoms with Crippen molar-refractivity contribution in [2.24, 2.45) is 5.92 Å². The molecular formula is C22H24N4O3. The van der Waals surface area contributed by atoms with E-state index in [1.165, 1.54) is 6.20 Å². The fourth-order valence-electron chi connectivity index (χ4n) is 3.71. The molecule has 150 valence electrons. The van der Waals surface area contributed by atoms with Crippen molar-refractivity contribution in [3.05, 3.63) is 53.9 Å². The Balaban J connectivity index is 1.49. The van der Waals surface area contributed by atoms with Crippen LogP contribution in [-0.2, 0) is 4.79 Å². The van der Waals surface area contributed by atoms with Crippen LogP contribution in [0.25, 0.3) is 11.1 Å². The topological polar surface area (TPSA) is 88.3 Å². The number of carbonyl (C=O) groups is 2. The van der Waals surface area contributed by atoms with Crippen LogP contribution in [0.4, 0.5) is 5.69 Å². The maximum Gasteiger partial charge on any atom is 0.257 e. The first-order chi connectivity index (χ1) is 14.0. The molecule has 4 rings (SSSR count). The van der Waals surface area contributed by atoms with Gasteiger partial charge in [0.05, 0.1) is 22.6 Å². The van der Waals surface area contributed by atoms with Crippen LogP contribution in [-0.4, -0.2) is 39.9 Å². The first-order valence-corrected chi connectivity index (χ1v) is 9.93. The number of pyridine rings is 1. The zero-order valence-corrected chi connectivity index (χ0v) is 16.6. The maximum absolute atomic E-state index is 13.1. The molecule has 7 nitrogen and oxygen atoms in total. The van der Waals surface area contributed by atoms with Crippen molar-refractivity contribution in [3.8, 4) is 0 Å². The molecule has 1 saturated heterocycles. The molecule has 2 aromatic heterocycles. The number of carbonyl (C=O) groups excluding carboxylic acids is 2. The summed E-state index contributed by atoms with van der Waals surface area (Å²) in [5.74, 6) is -0.230. The summed E-state index contributed by atoms with van der Waals surface area (Å²) >= 11 is 0. The molecule has 1 aliphatic rings. The molecule has 0 saturated carbocycles. The number of amides is 2. The Labute approximate surface area is 169 Å². The molecule has 2 amide bonds. The molecule has 0 unspecified atom stereocenters. The largest absolute Gasteiger partial charge is 0.338 e. The number of nitrogens with one attached hydrogen (secondary N) is 1. The van der Waals surface area contributed by atoms with Crippen molar-refractivity contribution in [2.75, 3.05) is 18.4 Å². The second-order valence-corrected chi connectivity index (χ2v) is 7.74. The molecule has 0 radical (unpaired) electrons. The fraction of sp³-hybridized carbons (Fsp3) is 0.364. The van der Waals surface area contributed by atoms with Gasteiger partial charge in [-0.3, -0.25) is 9.59 Å². The second kappa shape index (κ2) is 8.03. The number of hydrogen-bond donors (Lipinski definition) is 1. The van der Waals surface area contributed by atoms with Crippen LogP contribution >= 0.6 is 0 Å². The summed E-state index contributed by atoms with van der Waals surface area (Å²) in [7, 11) is 0. The summed E-state index contributed by atoms with van der Waals surface area (Å²) in [4.78, 5) is 31.7. The van der Waals surface area contributed by atoms with Gasteiger partial charge in [0.2, 0.25) is 5.91 Å². The Kier molecular flexibility index (Phi) is 5.29. The van der Waals surface area contributed by atoms with E-state index in [2.05, 4.69) is 15.5 Å². The van der Waals surface area contributed by atoms with Crippen LogP contribution in [0.2, 0.25) is 0 Å². The van der Waals surface area contributed by atoms with Crippen molar-refractivity contribution in [3.63, 3.8) is 0 Å². The summed E-state index contributed by atoms with van der Waals surface area (Å²) in [6.07, 6.45) is 3.08. The first kappa shape index (κ1) is 19.1. The minimum atomic E-state index is -0.230. The number of aromatic nitrogens is 2. The number of anilines is 1. The van der Waals surface area contributed by atoms with Gasteiger partial charge in [0.1, 0.15) is 0 Å². The highest BCUT2D eigenvalue weighted by Crippen LogP contribution is 2.26. The molecule has 3 aromatic rings. The molecule has 3 heterocycles. The minimum Gasteiger partial charge on any atom is -0.338 e. The number of para-hydroxylation sites is 1. The molecule has 7 heteroatoms. The van der Waals surface area contributed by atoms with Crippen LogP contribution in [0.5, 0.6) is 0 Å². The van der Waals surface area contributed by atoms with Crippen LogP contribution in [0, 0.1) is 5.92 Å². The highest BCUT2D eigenvalue weighted by molar-refractivity contribution is 5.98. The molecule has 1 N–H and O–H groups in total. The molecular weight excluding hydrogens is 368 g/mol. The summed E-state index contributed by atoms with van der Waals surface area (Å²) in [5.41, 5.74) is 2.49. The Morgan fingerprint density at radius 1 is 1.24 bits per heavy atom. The molecule has 1 aliphatic heterocycles. The monoisotopic (exact) mass is 392 g/mol. The first-order valence-electron chi connectivity index (χ1n) is 9.93. The van der Waals surface area contributed by atoms with E-state index >= 15 is 0 Å². The Bertz CT molecular complexity index is 1030. The van der Waals surface area contributed by atoms with Gasteiger partial charge in [-0.2, -0.15) is 0 Å². The van der Waals surface area contributed by atoms with Crippen LogP contribution in [0.3, 0.4) is 0 Å². The lowest BCUT2D eigenvalue weighted by atomic mass is 9.96. The standard InChI is InChI=1S/C22H24N4O3/c1-14(2)19-18-11-16(12-23-21(18)29-25-19)22(28)26-10-6-7-15(13-26)20(27)24-17-8-4-3-5-9-17/h3-5,8-9,11-12,14-15H,6-7,10,13H2,1-2H3,(H,24,27)/t15-/m1/s1. The van der Waals surface area contributed by atoms with Crippen molar-refractivity contribution in [2.45, 2.75) is 32.6 Å². The number of piperidine rings is 1. The lowest BCUT2D eigenvalue weighted by Crippen LogP contribution is -2.43. The fourth-order valence-corrected chi connectivity index (χ4v) is 3.71. The predicted molar refractivity (Wildman–Crippen MR) is 110 cm³/mol. The van der Waals surface area contributed by atoms with Crippen LogP contribution < -0.4 is 5.32 Å². The Morgan fingerprint density at radius 2 is 2.03 bits per heavy atom. The smallest absolute Gasteiger partial charge is 0.257 e. The average Bonchev–Trinajstić information content (AvgIpc) is 3.17. The summed E-state index contributed by atoms with van der Waals surface area (Å²) < 4.78 is 5.26. The SMILES string of the molecule is CC(C)c1noc2ncc(C(=O)N3CCC[C@@H](C(=O)Nc4ccccc4)C3)cc12. The number of nitrogens with zero attached hydrogens (tertiary/aromatic N) is 3. The van der Waals surface area contributed by atoms with Gasteiger partial charge in [-0.1, -0.05) is 37.2 Å². The van der Waals surface area contributed by atoms with Gasteiger partial charge >= 0.3 is 0 Å². The maximum atomic E-state index is 13.1. The van der Waals surface area contributed by atoms with E-state index in [0.717, 1.165) is 29.6 Å². The number of rotatable bonds is 4. The van der Waals surface area contributed by atoms with Crippen molar-refractivity contribution in [1.82, 2.24) is 15.0 Å². The molecule has 0 aliphatic carbocycles. The number of likely N-dealkylation sites (tertiary alicyclic amines) is 1. The second-order valence-electron chi connectivity index (χ2n) is 7.74. The zero-order valence-electron chi connectivity index (χ0n) is 16.6. The molecule has 1 fully saturated rings. The lowest BCUT2D eigenvalue weighted by molar-refractivity contribution is -0.121. The quantitative estimate of drug-likeness (QED) is 0.729. The molecule has 1 aromatic carbocycles. The van der Waals surface area contributed by atoms with Gasteiger partial charge in [0.15, 0.2) is 0 Å². The number of hydrogen-bond acceptors (Lipinski definition) is 5. The van der Waals surface area contributed by atoms with Crippen molar-refractivity contribution < 1.29 is 14.1 Å². The minimum absolute atomic E-state index is 0.0524. The van der Waals surface area contributed by atoms with E-state index in [9.17, 15) is 9.59 Å². The van der Waals surface area contributed by atoms with E-state index in [1.54, 1.807) is 11.0 Å². The third-order valence-electron chi connectivity index (χ3n) is 5.27. The Morgan fingerprint density at radius 3 is 2.79 bits per heavy atom. The normalized spacial score (nSPS) is 16.9. The van der Waals surface area contributed by atoms with Gasteiger partial charge < -0.3 is 14.7 Å². The van der Waals surface area contributed by atoms with Gasteiger partial charge in [-0.25, -0.2) is 4.98 Å². The van der Waals surface area contributed by atoms with E-state index < -0.39 is 0 Å². The van der Waals surface area contributed by atoms with Crippen molar-refractivity contribution >= 4 is 28.6 Å². The molecule has 0 spiro atoms. The highest BCUT2D eigenvalue weighted by Gasteiger charge is 2.29. The molecule has 29 heavy (non-hydrogen) atoms.